The van der Waals surface area contributed by atoms with Gasteiger partial charge in [-0.25, -0.2) is 9.89 Å². The summed E-state index contributed by atoms with van der Waals surface area (Å²) in [7, 11) is 0. The maximum Gasteiger partial charge on any atom is 0.259 e. The van der Waals surface area contributed by atoms with E-state index in [1.165, 1.54) is 11.8 Å². The number of para-hydroxylation sites is 1. The fourth-order valence-corrected chi connectivity index (χ4v) is 5.18. The molecule has 0 fully saturated rings. The van der Waals surface area contributed by atoms with Gasteiger partial charge in [-0.2, -0.15) is 0 Å². The van der Waals surface area contributed by atoms with Crippen LogP contribution in [0.2, 0.25) is 0 Å². The average Bonchev–Trinajstić information content (AvgIpc) is 3.20. The highest BCUT2D eigenvalue weighted by molar-refractivity contribution is 8.15. The summed E-state index contributed by atoms with van der Waals surface area (Å²) in [4.78, 5) is 37.9. The van der Waals surface area contributed by atoms with Gasteiger partial charge in [0.15, 0.2) is 5.17 Å². The van der Waals surface area contributed by atoms with Gasteiger partial charge in [-0.15, -0.1) is 0 Å². The molecule has 0 aliphatic carbocycles. The summed E-state index contributed by atoms with van der Waals surface area (Å²) >= 11 is 1.31. The number of amides is 2. The van der Waals surface area contributed by atoms with Gasteiger partial charge in [0.05, 0.1) is 10.9 Å². The fourth-order valence-electron chi connectivity index (χ4n) is 4.16. The van der Waals surface area contributed by atoms with Gasteiger partial charge in [-0.1, -0.05) is 78.8 Å². The van der Waals surface area contributed by atoms with Crippen molar-refractivity contribution in [2.24, 2.45) is 9.98 Å². The number of anilines is 1. The number of nitrogens with zero attached hydrogens (tertiary/aromatic N) is 3. The second-order valence-electron chi connectivity index (χ2n) is 8.61. The molecule has 1 N–H and O–H groups in total. The Hall–Kier alpha value is -3.71. The van der Waals surface area contributed by atoms with Gasteiger partial charge in [-0.3, -0.25) is 14.6 Å². The minimum Gasteiger partial charge on any atom is -0.325 e. The normalized spacial score (nSPS) is 17.3. The minimum absolute atomic E-state index is 0.113. The van der Waals surface area contributed by atoms with E-state index in [1.807, 2.05) is 92.7 Å². The van der Waals surface area contributed by atoms with Crippen LogP contribution in [0.25, 0.3) is 0 Å². The lowest BCUT2D eigenvalue weighted by Crippen LogP contribution is -2.42. The average molecular weight is 483 g/mol. The van der Waals surface area contributed by atoms with Crippen molar-refractivity contribution in [1.82, 2.24) is 4.90 Å². The van der Waals surface area contributed by atoms with Crippen molar-refractivity contribution in [3.05, 3.63) is 95.6 Å². The van der Waals surface area contributed by atoms with Gasteiger partial charge < -0.3 is 5.32 Å². The first-order chi connectivity index (χ1) is 17.0. The molecule has 2 aliphatic rings. The van der Waals surface area contributed by atoms with Gasteiger partial charge in [0.25, 0.3) is 5.91 Å². The lowest BCUT2D eigenvalue weighted by molar-refractivity contribution is -0.124. The van der Waals surface area contributed by atoms with Crippen molar-refractivity contribution in [2.45, 2.75) is 38.0 Å². The molecule has 176 valence electrons. The van der Waals surface area contributed by atoms with Crippen molar-refractivity contribution in [3.8, 4) is 0 Å². The van der Waals surface area contributed by atoms with E-state index in [0.717, 1.165) is 28.1 Å². The Kier molecular flexibility index (Phi) is 6.51. The van der Waals surface area contributed by atoms with Crippen LogP contribution < -0.4 is 5.32 Å². The molecule has 0 saturated heterocycles. The van der Waals surface area contributed by atoms with E-state index in [1.54, 1.807) is 4.90 Å². The van der Waals surface area contributed by atoms with Gasteiger partial charge in [0.1, 0.15) is 11.9 Å². The molecule has 3 aromatic rings. The van der Waals surface area contributed by atoms with Crippen molar-refractivity contribution >= 4 is 46.0 Å². The molecule has 2 heterocycles. The first kappa shape index (κ1) is 23.1. The molecule has 0 bridgehead atoms. The maximum atomic E-state index is 13.5. The maximum absolute atomic E-state index is 13.5. The minimum atomic E-state index is -0.522. The van der Waals surface area contributed by atoms with Crippen molar-refractivity contribution < 1.29 is 9.59 Å². The summed E-state index contributed by atoms with van der Waals surface area (Å²) in [6.45, 7) is 3.97. The molecule has 2 aliphatic heterocycles. The Balaban J connectivity index is 1.42. The van der Waals surface area contributed by atoms with Crippen LogP contribution in [0.5, 0.6) is 0 Å². The third kappa shape index (κ3) is 4.77. The number of carbonyl (C=O) groups excluding carboxylic acids is 2. The quantitative estimate of drug-likeness (QED) is 0.515. The van der Waals surface area contributed by atoms with E-state index in [-0.39, 0.29) is 11.8 Å². The topological polar surface area (TPSA) is 74.1 Å². The highest BCUT2D eigenvalue weighted by Gasteiger charge is 2.42. The number of thioether (sulfide) groups is 1. The van der Waals surface area contributed by atoms with Crippen molar-refractivity contribution in [2.75, 3.05) is 5.32 Å². The molecule has 0 aromatic heterocycles. The van der Waals surface area contributed by atoms with Crippen molar-refractivity contribution in [1.29, 1.82) is 0 Å². The predicted octanol–water partition coefficient (Wildman–Crippen LogP) is 5.35. The molecule has 3 aromatic carbocycles. The number of hydrogen-bond acceptors (Lipinski definition) is 5. The smallest absolute Gasteiger partial charge is 0.259 e. The highest BCUT2D eigenvalue weighted by Crippen LogP contribution is 2.36. The predicted molar refractivity (Wildman–Crippen MR) is 142 cm³/mol. The zero-order valence-electron chi connectivity index (χ0n) is 19.6. The number of benzene rings is 3. The first-order valence-electron chi connectivity index (χ1n) is 11.7. The summed E-state index contributed by atoms with van der Waals surface area (Å²) in [5.74, 6) is 0.380. The van der Waals surface area contributed by atoms with Crippen LogP contribution in [0.4, 0.5) is 11.4 Å². The van der Waals surface area contributed by atoms with Gasteiger partial charge in [0.2, 0.25) is 5.91 Å². The monoisotopic (exact) mass is 482 g/mol. The number of hydrogen-bond donors (Lipinski definition) is 1. The zero-order valence-corrected chi connectivity index (χ0v) is 20.5. The van der Waals surface area contributed by atoms with Crippen LogP contribution in [-0.2, 0) is 16.0 Å². The first-order valence-corrected chi connectivity index (χ1v) is 12.6. The molecule has 2 atom stereocenters. The number of nitrogens with one attached hydrogen (secondary N) is 1. The number of carbonyl (C=O) groups is 2. The van der Waals surface area contributed by atoms with Crippen LogP contribution in [0.3, 0.4) is 0 Å². The number of rotatable bonds is 6. The van der Waals surface area contributed by atoms with E-state index in [0.29, 0.717) is 23.8 Å². The standard InChI is InChI=1S/C28H26N4O2S/c1-3-24(26(33)29-20-15-13-18(2)14-16-20)35-28-31-22-12-8-7-11-21(22)25-30-23(27(34)32(25)28)17-19-9-5-4-6-10-19/h4-16,23-24H,3,17H2,1-2H3,(H,29,33)/t23-,24+/m1/s1. The Morgan fingerprint density at radius 1 is 1.03 bits per heavy atom. The van der Waals surface area contributed by atoms with E-state index in [4.69, 9.17) is 9.98 Å². The molecule has 2 amide bonds. The molecule has 0 unspecified atom stereocenters. The summed E-state index contributed by atoms with van der Waals surface area (Å²) in [5.41, 5.74) is 4.52. The second kappa shape index (κ2) is 9.88. The third-order valence-corrected chi connectivity index (χ3v) is 7.37. The van der Waals surface area contributed by atoms with E-state index in [2.05, 4.69) is 5.32 Å². The molecule has 0 spiro atoms. The van der Waals surface area contributed by atoms with E-state index in [9.17, 15) is 9.59 Å². The van der Waals surface area contributed by atoms with Gasteiger partial charge in [0, 0.05) is 17.7 Å². The highest BCUT2D eigenvalue weighted by atomic mass is 32.2. The zero-order chi connectivity index (χ0) is 24.4. The summed E-state index contributed by atoms with van der Waals surface area (Å²) < 4.78 is 0. The lowest BCUT2D eigenvalue weighted by atomic mass is 10.1. The number of amidine groups is 2. The fraction of sp³-hybridized carbons (Fsp3) is 0.214. The van der Waals surface area contributed by atoms with E-state index >= 15 is 0 Å². The number of aliphatic imine (C=N–C) groups is 2. The second-order valence-corrected chi connectivity index (χ2v) is 9.78. The van der Waals surface area contributed by atoms with Crippen LogP contribution in [-0.4, -0.2) is 39.0 Å². The van der Waals surface area contributed by atoms with Gasteiger partial charge in [-0.05, 0) is 43.2 Å². The van der Waals surface area contributed by atoms with Crippen LogP contribution in [0, 0.1) is 6.92 Å². The lowest BCUT2D eigenvalue weighted by Gasteiger charge is -2.27. The Labute approximate surface area is 209 Å². The largest absolute Gasteiger partial charge is 0.325 e. The molecule has 0 saturated carbocycles. The summed E-state index contributed by atoms with van der Waals surface area (Å²) in [5, 5.41) is 3.07. The Morgan fingerprint density at radius 2 is 1.74 bits per heavy atom. The summed E-state index contributed by atoms with van der Waals surface area (Å²) in [6, 6.07) is 24.8. The molecular formula is C28H26N4O2S. The Bertz CT molecular complexity index is 1320. The number of fused-ring (bicyclic) bond motifs is 3. The summed E-state index contributed by atoms with van der Waals surface area (Å²) in [6.07, 6.45) is 1.11. The van der Waals surface area contributed by atoms with Crippen LogP contribution in [0.1, 0.15) is 30.0 Å². The molecule has 6 nitrogen and oxygen atoms in total. The van der Waals surface area contributed by atoms with Crippen LogP contribution in [0.15, 0.2) is 88.8 Å². The SMILES string of the molecule is CC[C@H](SC1=Nc2ccccc2C2=N[C@H](Cc3ccccc3)C(=O)N12)C(=O)Nc1ccc(C)cc1. The number of aryl methyl sites for hydroxylation is 1. The molecule has 7 heteroatoms. The molecule has 35 heavy (non-hydrogen) atoms. The molecular weight excluding hydrogens is 456 g/mol. The van der Waals surface area contributed by atoms with Crippen LogP contribution >= 0.6 is 11.8 Å². The third-order valence-electron chi connectivity index (χ3n) is 6.05. The molecule has 5 rings (SSSR count). The van der Waals surface area contributed by atoms with Crippen molar-refractivity contribution in [3.63, 3.8) is 0 Å². The Morgan fingerprint density at radius 3 is 2.49 bits per heavy atom. The van der Waals surface area contributed by atoms with E-state index < -0.39 is 11.3 Å². The van der Waals surface area contributed by atoms with Gasteiger partial charge >= 0.3 is 0 Å². The molecule has 0 radical (unpaired) electrons.